The van der Waals surface area contributed by atoms with Crippen molar-refractivity contribution in [2.75, 3.05) is 19.7 Å². The van der Waals surface area contributed by atoms with Crippen LogP contribution in [0.5, 0.6) is 5.75 Å². The van der Waals surface area contributed by atoms with Crippen LogP contribution in [0.25, 0.3) is 0 Å². The summed E-state index contributed by atoms with van der Waals surface area (Å²) in [6.07, 6.45) is 3.69. The standard InChI is InChI=1S/C19H25ClN2O3/c1-14(23)21-11-6-10-19(2)17(21)9-5-12-22(19)18(24)13-25-16-8-4-3-7-15(16)20/h3-4,7-8,17H,5-6,9-13H2,1-2H3/t17-,19+/m1/s1. The van der Waals surface area contributed by atoms with Crippen molar-refractivity contribution < 1.29 is 14.3 Å². The number of benzene rings is 1. The van der Waals surface area contributed by atoms with E-state index in [9.17, 15) is 9.59 Å². The zero-order valence-electron chi connectivity index (χ0n) is 14.8. The number of likely N-dealkylation sites (tertiary alicyclic amines) is 2. The fourth-order valence-electron chi connectivity index (χ4n) is 4.31. The summed E-state index contributed by atoms with van der Waals surface area (Å²) in [5.41, 5.74) is -0.316. The Morgan fingerprint density at radius 3 is 2.76 bits per heavy atom. The molecule has 0 bridgehead atoms. The van der Waals surface area contributed by atoms with Crippen molar-refractivity contribution in [3.63, 3.8) is 0 Å². The monoisotopic (exact) mass is 364 g/mol. The molecule has 0 radical (unpaired) electrons. The minimum Gasteiger partial charge on any atom is -0.482 e. The Labute approximate surface area is 153 Å². The Morgan fingerprint density at radius 2 is 2.04 bits per heavy atom. The van der Waals surface area contributed by atoms with Gasteiger partial charge in [0.2, 0.25) is 5.91 Å². The summed E-state index contributed by atoms with van der Waals surface area (Å²) in [6, 6.07) is 7.25. The maximum absolute atomic E-state index is 12.9. The van der Waals surface area contributed by atoms with Crippen molar-refractivity contribution in [1.82, 2.24) is 9.80 Å². The van der Waals surface area contributed by atoms with E-state index in [1.165, 1.54) is 0 Å². The zero-order valence-corrected chi connectivity index (χ0v) is 15.6. The molecule has 0 saturated carbocycles. The third-order valence-corrected chi connectivity index (χ3v) is 5.86. The number of hydrogen-bond donors (Lipinski definition) is 0. The molecule has 0 unspecified atom stereocenters. The average Bonchev–Trinajstić information content (AvgIpc) is 2.59. The number of halogens is 1. The van der Waals surface area contributed by atoms with E-state index < -0.39 is 0 Å². The predicted octanol–water partition coefficient (Wildman–Crippen LogP) is 3.11. The first-order valence-electron chi connectivity index (χ1n) is 8.88. The predicted molar refractivity (Wildman–Crippen MR) is 96.7 cm³/mol. The van der Waals surface area contributed by atoms with E-state index in [-0.39, 0.29) is 30.0 Å². The third-order valence-electron chi connectivity index (χ3n) is 5.55. The highest BCUT2D eigenvalue weighted by molar-refractivity contribution is 6.32. The zero-order chi connectivity index (χ0) is 18.0. The van der Waals surface area contributed by atoms with E-state index in [0.29, 0.717) is 17.3 Å². The van der Waals surface area contributed by atoms with E-state index in [4.69, 9.17) is 16.3 Å². The summed E-state index contributed by atoms with van der Waals surface area (Å²) < 4.78 is 5.65. The van der Waals surface area contributed by atoms with E-state index in [0.717, 1.165) is 32.2 Å². The minimum absolute atomic E-state index is 0.0356. The molecule has 25 heavy (non-hydrogen) atoms. The first kappa shape index (κ1) is 18.1. The van der Waals surface area contributed by atoms with Crippen LogP contribution in [0.2, 0.25) is 5.02 Å². The number of fused-ring (bicyclic) bond motifs is 1. The number of piperidine rings is 2. The lowest BCUT2D eigenvalue weighted by atomic mass is 9.76. The van der Waals surface area contributed by atoms with Crippen LogP contribution in [0, 0.1) is 0 Å². The van der Waals surface area contributed by atoms with E-state index >= 15 is 0 Å². The first-order chi connectivity index (χ1) is 11.9. The molecule has 2 aliphatic rings. The van der Waals surface area contributed by atoms with Crippen molar-refractivity contribution in [3.8, 4) is 5.75 Å². The highest BCUT2D eigenvalue weighted by atomic mass is 35.5. The van der Waals surface area contributed by atoms with Crippen molar-refractivity contribution in [2.24, 2.45) is 0 Å². The fraction of sp³-hybridized carbons (Fsp3) is 0.579. The smallest absolute Gasteiger partial charge is 0.261 e. The van der Waals surface area contributed by atoms with Crippen LogP contribution in [0.1, 0.15) is 39.5 Å². The normalized spacial score (nSPS) is 26.1. The van der Waals surface area contributed by atoms with E-state index in [1.807, 2.05) is 21.9 Å². The molecule has 0 aliphatic carbocycles. The molecule has 136 valence electrons. The number of rotatable bonds is 3. The summed E-state index contributed by atoms with van der Waals surface area (Å²) in [7, 11) is 0. The number of nitrogens with zero attached hydrogens (tertiary/aromatic N) is 2. The minimum atomic E-state index is -0.316. The lowest BCUT2D eigenvalue weighted by Gasteiger charge is -2.56. The number of para-hydroxylation sites is 1. The largest absolute Gasteiger partial charge is 0.482 e. The number of carbonyl (C=O) groups excluding carboxylic acids is 2. The highest BCUT2D eigenvalue weighted by Gasteiger charge is 2.49. The van der Waals surface area contributed by atoms with Crippen molar-refractivity contribution >= 4 is 23.4 Å². The Kier molecular flexibility index (Phi) is 5.23. The Balaban J connectivity index is 1.73. The number of carbonyl (C=O) groups is 2. The summed E-state index contributed by atoms with van der Waals surface area (Å²) in [6.45, 7) is 5.19. The molecule has 1 aromatic rings. The fourth-order valence-corrected chi connectivity index (χ4v) is 4.50. The van der Waals surface area contributed by atoms with Crippen LogP contribution in [-0.4, -0.2) is 52.9 Å². The van der Waals surface area contributed by atoms with Crippen LogP contribution >= 0.6 is 11.6 Å². The molecule has 2 fully saturated rings. The molecule has 2 amide bonds. The SMILES string of the molecule is CC(=O)N1CCC[C@@]2(C)[C@H]1CCCN2C(=O)COc1ccccc1Cl. The van der Waals surface area contributed by atoms with Gasteiger partial charge in [-0.05, 0) is 44.7 Å². The number of hydrogen-bond acceptors (Lipinski definition) is 3. The topological polar surface area (TPSA) is 49.9 Å². The molecule has 2 atom stereocenters. The molecule has 2 heterocycles. The average molecular weight is 365 g/mol. The van der Waals surface area contributed by atoms with Crippen molar-refractivity contribution in [3.05, 3.63) is 29.3 Å². The molecular weight excluding hydrogens is 340 g/mol. The van der Waals surface area contributed by atoms with Gasteiger partial charge in [0, 0.05) is 20.0 Å². The van der Waals surface area contributed by atoms with Gasteiger partial charge in [-0.25, -0.2) is 0 Å². The molecule has 0 aromatic heterocycles. The third kappa shape index (κ3) is 3.47. The maximum atomic E-state index is 12.9. The first-order valence-corrected chi connectivity index (χ1v) is 9.26. The highest BCUT2D eigenvalue weighted by Crippen LogP contribution is 2.39. The second-order valence-corrected chi connectivity index (χ2v) is 7.50. The van der Waals surface area contributed by atoms with Gasteiger partial charge < -0.3 is 14.5 Å². The Bertz CT molecular complexity index is 666. The van der Waals surface area contributed by atoms with Crippen LogP contribution in [0.3, 0.4) is 0 Å². The Hall–Kier alpha value is -1.75. The molecule has 1 aromatic carbocycles. The van der Waals surface area contributed by atoms with Gasteiger partial charge in [-0.15, -0.1) is 0 Å². The van der Waals surface area contributed by atoms with Gasteiger partial charge in [0.05, 0.1) is 16.6 Å². The second kappa shape index (κ2) is 7.24. The summed E-state index contributed by atoms with van der Waals surface area (Å²) in [5, 5.41) is 0.499. The van der Waals surface area contributed by atoms with E-state index in [2.05, 4.69) is 6.92 Å². The quantitative estimate of drug-likeness (QED) is 0.828. The van der Waals surface area contributed by atoms with Crippen LogP contribution in [0.15, 0.2) is 24.3 Å². The number of ether oxygens (including phenoxy) is 1. The number of amides is 2. The molecular formula is C19H25ClN2O3. The van der Waals surface area contributed by atoms with Gasteiger partial charge in [-0.1, -0.05) is 23.7 Å². The molecule has 2 saturated heterocycles. The van der Waals surface area contributed by atoms with Gasteiger partial charge in [0.1, 0.15) is 5.75 Å². The molecule has 6 heteroatoms. The van der Waals surface area contributed by atoms with Gasteiger partial charge in [0.25, 0.3) is 5.91 Å². The Morgan fingerprint density at radius 1 is 1.28 bits per heavy atom. The lowest BCUT2D eigenvalue weighted by Crippen LogP contribution is -2.68. The van der Waals surface area contributed by atoms with Gasteiger partial charge in [-0.2, -0.15) is 0 Å². The van der Waals surface area contributed by atoms with Crippen LogP contribution in [0.4, 0.5) is 0 Å². The van der Waals surface area contributed by atoms with Crippen LogP contribution < -0.4 is 4.74 Å². The summed E-state index contributed by atoms with van der Waals surface area (Å²) >= 11 is 6.09. The van der Waals surface area contributed by atoms with E-state index in [1.54, 1.807) is 19.1 Å². The summed E-state index contributed by atoms with van der Waals surface area (Å²) in [5.74, 6) is 0.570. The molecule has 0 N–H and O–H groups in total. The molecule has 5 nitrogen and oxygen atoms in total. The second-order valence-electron chi connectivity index (χ2n) is 7.10. The summed E-state index contributed by atoms with van der Waals surface area (Å²) in [4.78, 5) is 28.7. The van der Waals surface area contributed by atoms with Crippen molar-refractivity contribution in [2.45, 2.75) is 51.1 Å². The van der Waals surface area contributed by atoms with Gasteiger partial charge in [0.15, 0.2) is 6.61 Å². The van der Waals surface area contributed by atoms with Gasteiger partial charge >= 0.3 is 0 Å². The molecule has 3 rings (SSSR count). The van der Waals surface area contributed by atoms with Crippen LogP contribution in [-0.2, 0) is 9.59 Å². The van der Waals surface area contributed by atoms with Gasteiger partial charge in [-0.3, -0.25) is 9.59 Å². The maximum Gasteiger partial charge on any atom is 0.261 e. The lowest BCUT2D eigenvalue weighted by molar-refractivity contribution is -0.156. The van der Waals surface area contributed by atoms with Crippen molar-refractivity contribution in [1.29, 1.82) is 0 Å². The molecule has 2 aliphatic heterocycles. The molecule has 0 spiro atoms.